The zero-order valence-corrected chi connectivity index (χ0v) is 11.5. The Bertz CT molecular complexity index is 386. The molecule has 0 spiro atoms. The molecule has 19 heavy (non-hydrogen) atoms. The van der Waals surface area contributed by atoms with Crippen LogP contribution in [0.15, 0.2) is 16.8 Å². The summed E-state index contributed by atoms with van der Waals surface area (Å²) in [6.07, 6.45) is 2.77. The first-order valence-corrected chi connectivity index (χ1v) is 6.73. The van der Waals surface area contributed by atoms with Crippen LogP contribution in [-0.4, -0.2) is 74.4 Å². The van der Waals surface area contributed by atoms with Crippen molar-refractivity contribution >= 4 is 11.6 Å². The molecule has 2 aliphatic rings. The molecule has 1 saturated heterocycles. The maximum absolute atomic E-state index is 12.1. The summed E-state index contributed by atoms with van der Waals surface area (Å²) in [5.41, 5.74) is 7.07. The number of amides is 1. The maximum Gasteiger partial charge on any atom is 0.269 e. The first-order valence-electron chi connectivity index (χ1n) is 6.73. The molecule has 0 radical (unpaired) electrons. The summed E-state index contributed by atoms with van der Waals surface area (Å²) < 4.78 is 5.23. The van der Waals surface area contributed by atoms with Crippen molar-refractivity contribution in [2.24, 2.45) is 10.7 Å². The zero-order valence-electron chi connectivity index (χ0n) is 11.5. The number of carbonyl (C=O) groups is 1. The van der Waals surface area contributed by atoms with Crippen molar-refractivity contribution in [3.63, 3.8) is 0 Å². The second-order valence-corrected chi connectivity index (χ2v) is 4.97. The van der Waals surface area contributed by atoms with E-state index in [-0.39, 0.29) is 11.6 Å². The number of carbonyl (C=O) groups excluding carboxylic acids is 1. The molecule has 2 rings (SSSR count). The van der Waals surface area contributed by atoms with E-state index in [1.165, 1.54) is 0 Å². The van der Waals surface area contributed by atoms with Gasteiger partial charge in [-0.05, 0) is 19.5 Å². The quantitative estimate of drug-likeness (QED) is 0.682. The molecule has 6 nitrogen and oxygen atoms in total. The van der Waals surface area contributed by atoms with E-state index in [9.17, 15) is 4.79 Å². The second-order valence-electron chi connectivity index (χ2n) is 4.97. The molecule has 2 heterocycles. The Hall–Kier alpha value is -1.40. The summed E-state index contributed by atoms with van der Waals surface area (Å²) in [6, 6.07) is 0. The number of nitrogens with zero attached hydrogens (tertiary/aromatic N) is 3. The largest absolute Gasteiger partial charge is 0.394 e. The Morgan fingerprint density at radius 2 is 2.11 bits per heavy atom. The van der Waals surface area contributed by atoms with Crippen molar-refractivity contribution in [2.75, 3.05) is 53.0 Å². The molecule has 1 amide bonds. The van der Waals surface area contributed by atoms with E-state index in [1.807, 2.05) is 0 Å². The lowest BCUT2D eigenvalue weighted by Crippen LogP contribution is -2.43. The van der Waals surface area contributed by atoms with E-state index in [1.54, 1.807) is 11.0 Å². The standard InChI is InChI=1S/C13H22N4O2/c1-16-4-2-3-15-11(10-16)9-12(14)13(18)17-5-7-19-8-6-17/h9H,2-8,10,14H2,1H3/b12-9-. The molecule has 1 fully saturated rings. The van der Waals surface area contributed by atoms with Crippen LogP contribution in [0.1, 0.15) is 6.42 Å². The number of hydrogen-bond acceptors (Lipinski definition) is 5. The minimum Gasteiger partial charge on any atom is -0.394 e. The van der Waals surface area contributed by atoms with Crippen molar-refractivity contribution < 1.29 is 9.53 Å². The highest BCUT2D eigenvalue weighted by molar-refractivity contribution is 6.04. The van der Waals surface area contributed by atoms with Gasteiger partial charge in [-0.15, -0.1) is 0 Å². The fourth-order valence-electron chi connectivity index (χ4n) is 2.25. The van der Waals surface area contributed by atoms with Crippen LogP contribution in [0.2, 0.25) is 0 Å². The first-order chi connectivity index (χ1) is 9.16. The third-order valence-electron chi connectivity index (χ3n) is 3.31. The number of ether oxygens (including phenoxy) is 1. The highest BCUT2D eigenvalue weighted by Gasteiger charge is 2.19. The lowest BCUT2D eigenvalue weighted by molar-refractivity contribution is -0.131. The smallest absolute Gasteiger partial charge is 0.269 e. The first kappa shape index (κ1) is 14.0. The van der Waals surface area contributed by atoms with E-state index >= 15 is 0 Å². The summed E-state index contributed by atoms with van der Waals surface area (Å²) in [7, 11) is 2.05. The topological polar surface area (TPSA) is 71.2 Å². The van der Waals surface area contributed by atoms with Crippen LogP contribution in [0, 0.1) is 0 Å². The molecule has 0 aromatic carbocycles. The van der Waals surface area contributed by atoms with Gasteiger partial charge in [0.15, 0.2) is 0 Å². The number of nitrogens with two attached hydrogens (primary N) is 1. The fraction of sp³-hybridized carbons (Fsp3) is 0.692. The van der Waals surface area contributed by atoms with Gasteiger partial charge >= 0.3 is 0 Å². The van der Waals surface area contributed by atoms with Crippen molar-refractivity contribution in [1.29, 1.82) is 0 Å². The van der Waals surface area contributed by atoms with E-state index in [4.69, 9.17) is 10.5 Å². The fourth-order valence-corrected chi connectivity index (χ4v) is 2.25. The van der Waals surface area contributed by atoms with E-state index in [2.05, 4.69) is 16.9 Å². The molecule has 6 heteroatoms. The van der Waals surface area contributed by atoms with Crippen LogP contribution in [0.5, 0.6) is 0 Å². The Balaban J connectivity index is 2.00. The van der Waals surface area contributed by atoms with Gasteiger partial charge in [0.05, 0.1) is 24.6 Å². The number of rotatable bonds is 2. The number of morpholine rings is 1. The van der Waals surface area contributed by atoms with Crippen molar-refractivity contribution in [1.82, 2.24) is 9.80 Å². The van der Waals surface area contributed by atoms with E-state index in [0.717, 1.165) is 31.8 Å². The number of hydrogen-bond donors (Lipinski definition) is 1. The second kappa shape index (κ2) is 6.68. The molecule has 2 aliphatic heterocycles. The third-order valence-corrected chi connectivity index (χ3v) is 3.31. The molecule has 0 aromatic heterocycles. The van der Waals surface area contributed by atoms with Gasteiger partial charge in [0, 0.05) is 32.7 Å². The van der Waals surface area contributed by atoms with Crippen LogP contribution in [0.4, 0.5) is 0 Å². The summed E-state index contributed by atoms with van der Waals surface area (Å²) >= 11 is 0. The minimum atomic E-state index is -0.113. The molecule has 106 valence electrons. The zero-order chi connectivity index (χ0) is 13.7. The van der Waals surface area contributed by atoms with Crippen LogP contribution in [0.3, 0.4) is 0 Å². The van der Waals surface area contributed by atoms with Crippen molar-refractivity contribution in [3.8, 4) is 0 Å². The summed E-state index contributed by atoms with van der Waals surface area (Å²) in [5.74, 6) is -0.113. The molecule has 0 aromatic rings. The summed E-state index contributed by atoms with van der Waals surface area (Å²) in [4.78, 5) is 20.5. The monoisotopic (exact) mass is 266 g/mol. The molecular weight excluding hydrogens is 244 g/mol. The van der Waals surface area contributed by atoms with Crippen LogP contribution < -0.4 is 5.73 Å². The molecule has 0 bridgehead atoms. The lowest BCUT2D eigenvalue weighted by atomic mass is 10.2. The van der Waals surface area contributed by atoms with Gasteiger partial charge in [-0.2, -0.15) is 0 Å². The Morgan fingerprint density at radius 3 is 2.84 bits per heavy atom. The molecular formula is C13H22N4O2. The average molecular weight is 266 g/mol. The molecule has 0 aliphatic carbocycles. The van der Waals surface area contributed by atoms with Crippen LogP contribution in [-0.2, 0) is 9.53 Å². The van der Waals surface area contributed by atoms with E-state index in [0.29, 0.717) is 26.3 Å². The SMILES string of the molecule is CN1CCCN=C(/C=C(\N)C(=O)N2CCOCC2)C1. The average Bonchev–Trinajstić information content (AvgIpc) is 2.63. The lowest BCUT2D eigenvalue weighted by Gasteiger charge is -2.26. The van der Waals surface area contributed by atoms with Gasteiger partial charge < -0.3 is 20.3 Å². The van der Waals surface area contributed by atoms with Gasteiger partial charge in [0.25, 0.3) is 5.91 Å². The van der Waals surface area contributed by atoms with Gasteiger partial charge in [0.2, 0.25) is 0 Å². The van der Waals surface area contributed by atoms with Gasteiger partial charge in [-0.1, -0.05) is 0 Å². The minimum absolute atomic E-state index is 0.113. The normalized spacial score (nSPS) is 22.9. The predicted octanol–water partition coefficient (Wildman–Crippen LogP) is -0.536. The van der Waals surface area contributed by atoms with Crippen LogP contribution in [0.25, 0.3) is 0 Å². The Labute approximate surface area is 113 Å². The van der Waals surface area contributed by atoms with E-state index < -0.39 is 0 Å². The van der Waals surface area contributed by atoms with Crippen LogP contribution >= 0.6 is 0 Å². The molecule has 0 atom stereocenters. The summed E-state index contributed by atoms with van der Waals surface area (Å²) in [5, 5.41) is 0. The molecule has 0 unspecified atom stereocenters. The van der Waals surface area contributed by atoms with Gasteiger partial charge in [0.1, 0.15) is 0 Å². The summed E-state index contributed by atoms with van der Waals surface area (Å²) in [6.45, 7) is 4.97. The number of aliphatic imine (C=N–C) groups is 1. The molecule has 2 N–H and O–H groups in total. The molecule has 0 saturated carbocycles. The maximum atomic E-state index is 12.1. The van der Waals surface area contributed by atoms with Gasteiger partial charge in [-0.25, -0.2) is 0 Å². The van der Waals surface area contributed by atoms with Crippen molar-refractivity contribution in [3.05, 3.63) is 11.8 Å². The highest BCUT2D eigenvalue weighted by atomic mass is 16.5. The Kier molecular flexibility index (Phi) is 4.93. The Morgan fingerprint density at radius 1 is 1.37 bits per heavy atom. The van der Waals surface area contributed by atoms with Gasteiger partial charge in [-0.3, -0.25) is 9.79 Å². The predicted molar refractivity (Wildman–Crippen MR) is 74.1 cm³/mol. The third kappa shape index (κ3) is 4.04. The van der Waals surface area contributed by atoms with Crippen molar-refractivity contribution in [2.45, 2.75) is 6.42 Å². The highest BCUT2D eigenvalue weighted by Crippen LogP contribution is 2.04.